The van der Waals surface area contributed by atoms with Crippen LogP contribution >= 0.6 is 11.6 Å². The molecule has 0 saturated heterocycles. The summed E-state index contributed by atoms with van der Waals surface area (Å²) in [5, 5.41) is 7.33. The Morgan fingerprint density at radius 3 is 2.38 bits per heavy atom. The normalized spacial score (nSPS) is 10.7. The molecule has 1 heterocycles. The molecule has 0 bridgehead atoms. The summed E-state index contributed by atoms with van der Waals surface area (Å²) in [7, 11) is 0. The van der Waals surface area contributed by atoms with Gasteiger partial charge in [-0.2, -0.15) is 0 Å². The quantitative estimate of drug-likeness (QED) is 0.803. The second-order valence-corrected chi connectivity index (χ2v) is 5.65. The molecule has 1 aromatic carbocycles. The smallest absolute Gasteiger partial charge is 0.136 e. The summed E-state index contributed by atoms with van der Waals surface area (Å²) >= 11 is 5.90. The molecule has 4 nitrogen and oxygen atoms in total. The van der Waals surface area contributed by atoms with Gasteiger partial charge in [0.05, 0.1) is 0 Å². The van der Waals surface area contributed by atoms with Gasteiger partial charge in [0.1, 0.15) is 17.5 Å². The molecule has 2 N–H and O–H groups in total. The monoisotopic (exact) mass is 304 g/mol. The number of hydrogen-bond acceptors (Lipinski definition) is 4. The maximum atomic E-state index is 5.90. The highest BCUT2D eigenvalue weighted by atomic mass is 35.5. The molecule has 0 spiro atoms. The topological polar surface area (TPSA) is 49.8 Å². The van der Waals surface area contributed by atoms with Crippen LogP contribution in [0.2, 0.25) is 5.02 Å². The molecule has 0 atom stereocenters. The fourth-order valence-electron chi connectivity index (χ4n) is 1.81. The first-order chi connectivity index (χ1) is 10.1. The van der Waals surface area contributed by atoms with E-state index in [9.17, 15) is 0 Å². The number of anilines is 3. The lowest BCUT2D eigenvalue weighted by Crippen LogP contribution is -2.08. The van der Waals surface area contributed by atoms with E-state index in [0.29, 0.717) is 0 Å². The zero-order valence-electron chi connectivity index (χ0n) is 12.7. The highest BCUT2D eigenvalue weighted by molar-refractivity contribution is 6.30. The Balaban J connectivity index is 2.24. The molecule has 0 aliphatic rings. The standard InChI is InChI=1S/C16H21ClN4/c1-4-9-18-14-10-15(21-16(20-14)11(2)3)19-13-7-5-12(17)6-8-13/h5-8,10-11H,4,9H2,1-3H3,(H2,18,19,20,21). The van der Waals surface area contributed by atoms with Gasteiger partial charge in [-0.1, -0.05) is 32.4 Å². The maximum Gasteiger partial charge on any atom is 0.136 e. The van der Waals surface area contributed by atoms with Gasteiger partial charge in [0.2, 0.25) is 0 Å². The van der Waals surface area contributed by atoms with Gasteiger partial charge in [0.25, 0.3) is 0 Å². The number of nitrogens with one attached hydrogen (secondary N) is 2. The minimum absolute atomic E-state index is 0.277. The Morgan fingerprint density at radius 1 is 1.10 bits per heavy atom. The highest BCUT2D eigenvalue weighted by Gasteiger charge is 2.08. The molecule has 2 rings (SSSR count). The number of benzene rings is 1. The van der Waals surface area contributed by atoms with Crippen molar-refractivity contribution >= 4 is 28.9 Å². The third-order valence-electron chi connectivity index (χ3n) is 2.93. The predicted molar refractivity (Wildman–Crippen MR) is 89.6 cm³/mol. The minimum Gasteiger partial charge on any atom is -0.370 e. The number of hydrogen-bond donors (Lipinski definition) is 2. The van der Waals surface area contributed by atoms with Crippen LogP contribution in [0.15, 0.2) is 30.3 Å². The lowest BCUT2D eigenvalue weighted by atomic mass is 10.2. The summed E-state index contributed by atoms with van der Waals surface area (Å²) in [6.45, 7) is 7.20. The van der Waals surface area contributed by atoms with E-state index in [1.807, 2.05) is 30.3 Å². The van der Waals surface area contributed by atoms with Gasteiger partial charge < -0.3 is 10.6 Å². The van der Waals surface area contributed by atoms with Gasteiger partial charge in [-0.05, 0) is 30.7 Å². The molecule has 0 amide bonds. The van der Waals surface area contributed by atoms with Crippen molar-refractivity contribution < 1.29 is 0 Å². The summed E-state index contributed by atoms with van der Waals surface area (Å²) in [6.07, 6.45) is 1.06. The van der Waals surface area contributed by atoms with Crippen LogP contribution in [0.1, 0.15) is 38.9 Å². The van der Waals surface area contributed by atoms with Gasteiger partial charge in [-0.15, -0.1) is 0 Å². The van der Waals surface area contributed by atoms with Crippen molar-refractivity contribution in [2.45, 2.75) is 33.1 Å². The first kappa shape index (κ1) is 15.6. The summed E-state index contributed by atoms with van der Waals surface area (Å²) in [5.41, 5.74) is 0.953. The first-order valence-electron chi connectivity index (χ1n) is 7.24. The van der Waals surface area contributed by atoms with Crippen molar-refractivity contribution in [3.63, 3.8) is 0 Å². The van der Waals surface area contributed by atoms with E-state index in [-0.39, 0.29) is 5.92 Å². The molecular formula is C16H21ClN4. The van der Waals surface area contributed by atoms with Crippen molar-refractivity contribution in [2.24, 2.45) is 0 Å². The molecule has 2 aromatic rings. The van der Waals surface area contributed by atoms with Crippen LogP contribution in [0.3, 0.4) is 0 Å². The molecule has 0 radical (unpaired) electrons. The van der Waals surface area contributed by atoms with Crippen molar-refractivity contribution in [2.75, 3.05) is 17.2 Å². The number of rotatable bonds is 6. The van der Waals surface area contributed by atoms with E-state index in [2.05, 4.69) is 41.4 Å². The Morgan fingerprint density at radius 2 is 1.76 bits per heavy atom. The maximum absolute atomic E-state index is 5.90. The Labute approximate surface area is 131 Å². The Hall–Kier alpha value is -1.81. The molecule has 21 heavy (non-hydrogen) atoms. The van der Waals surface area contributed by atoms with Crippen LogP contribution in [-0.2, 0) is 0 Å². The largest absolute Gasteiger partial charge is 0.370 e. The number of nitrogens with zero attached hydrogens (tertiary/aromatic N) is 2. The van der Waals surface area contributed by atoms with E-state index in [1.54, 1.807) is 0 Å². The van der Waals surface area contributed by atoms with Gasteiger partial charge in [0, 0.05) is 29.2 Å². The Bertz CT molecular complexity index is 581. The summed E-state index contributed by atoms with van der Waals surface area (Å²) in [5.74, 6) is 2.74. The van der Waals surface area contributed by atoms with E-state index >= 15 is 0 Å². The van der Waals surface area contributed by atoms with Crippen LogP contribution in [-0.4, -0.2) is 16.5 Å². The molecule has 0 aliphatic carbocycles. The summed E-state index contributed by atoms with van der Waals surface area (Å²) < 4.78 is 0. The minimum atomic E-state index is 0.277. The van der Waals surface area contributed by atoms with E-state index in [0.717, 1.165) is 41.1 Å². The van der Waals surface area contributed by atoms with Crippen molar-refractivity contribution in [3.05, 3.63) is 41.2 Å². The fraction of sp³-hybridized carbons (Fsp3) is 0.375. The molecule has 0 unspecified atom stereocenters. The van der Waals surface area contributed by atoms with E-state index < -0.39 is 0 Å². The van der Waals surface area contributed by atoms with Gasteiger partial charge in [0.15, 0.2) is 0 Å². The third kappa shape index (κ3) is 4.60. The molecule has 1 aromatic heterocycles. The molecule has 0 fully saturated rings. The van der Waals surface area contributed by atoms with Gasteiger partial charge in [-0.25, -0.2) is 9.97 Å². The lowest BCUT2D eigenvalue weighted by molar-refractivity contribution is 0.775. The molecular weight excluding hydrogens is 284 g/mol. The predicted octanol–water partition coefficient (Wildman–Crippen LogP) is 4.82. The first-order valence-corrected chi connectivity index (χ1v) is 7.61. The second-order valence-electron chi connectivity index (χ2n) is 5.21. The van der Waals surface area contributed by atoms with Crippen molar-refractivity contribution in [3.8, 4) is 0 Å². The zero-order valence-corrected chi connectivity index (χ0v) is 13.4. The second kappa shape index (κ2) is 7.27. The molecule has 0 saturated carbocycles. The van der Waals surface area contributed by atoms with Crippen molar-refractivity contribution in [1.29, 1.82) is 0 Å². The highest BCUT2D eigenvalue weighted by Crippen LogP contribution is 2.21. The number of aromatic nitrogens is 2. The average Bonchev–Trinajstić information content (AvgIpc) is 2.47. The van der Waals surface area contributed by atoms with Crippen molar-refractivity contribution in [1.82, 2.24) is 9.97 Å². The average molecular weight is 305 g/mol. The van der Waals surface area contributed by atoms with Crippen LogP contribution in [0, 0.1) is 0 Å². The molecule has 5 heteroatoms. The number of halogens is 1. The fourth-order valence-corrected chi connectivity index (χ4v) is 1.94. The Kier molecular flexibility index (Phi) is 5.39. The van der Waals surface area contributed by atoms with Gasteiger partial charge >= 0.3 is 0 Å². The van der Waals surface area contributed by atoms with Gasteiger partial charge in [-0.3, -0.25) is 0 Å². The SMILES string of the molecule is CCCNc1cc(Nc2ccc(Cl)cc2)nc(C(C)C)n1. The van der Waals surface area contributed by atoms with E-state index in [1.165, 1.54) is 0 Å². The van der Waals surface area contributed by atoms with Crippen LogP contribution in [0.25, 0.3) is 0 Å². The molecule has 0 aliphatic heterocycles. The summed E-state index contributed by atoms with van der Waals surface area (Å²) in [6, 6.07) is 9.49. The third-order valence-corrected chi connectivity index (χ3v) is 3.18. The van der Waals surface area contributed by atoms with Crippen LogP contribution in [0.4, 0.5) is 17.3 Å². The zero-order chi connectivity index (χ0) is 15.2. The van der Waals surface area contributed by atoms with Crippen LogP contribution in [0.5, 0.6) is 0 Å². The summed E-state index contributed by atoms with van der Waals surface area (Å²) in [4.78, 5) is 9.11. The molecule has 112 valence electrons. The van der Waals surface area contributed by atoms with Crippen LogP contribution < -0.4 is 10.6 Å². The van der Waals surface area contributed by atoms with E-state index in [4.69, 9.17) is 11.6 Å². The lowest BCUT2D eigenvalue weighted by Gasteiger charge is -2.12.